The second-order valence-electron chi connectivity index (χ2n) is 6.04. The molecule has 0 aromatic heterocycles. The summed E-state index contributed by atoms with van der Waals surface area (Å²) in [5.41, 5.74) is 0.417. The quantitative estimate of drug-likeness (QED) is 0.707. The molecule has 2 aliphatic rings. The molecular weight excluding hydrogens is 327 g/mol. The topological polar surface area (TPSA) is 18.5 Å². The molecule has 0 aromatic rings. The van der Waals surface area contributed by atoms with Crippen molar-refractivity contribution in [2.45, 2.75) is 52.2 Å². The summed E-state index contributed by atoms with van der Waals surface area (Å²) >= 11 is 2.51. The zero-order chi connectivity index (χ0) is 12.5. The lowest BCUT2D eigenvalue weighted by Gasteiger charge is -2.39. The van der Waals surface area contributed by atoms with E-state index in [1.54, 1.807) is 0 Å². The van der Waals surface area contributed by atoms with E-state index >= 15 is 0 Å². The fourth-order valence-corrected chi connectivity index (χ4v) is 4.37. The Morgan fingerprint density at radius 3 is 2.53 bits per heavy atom. The molecule has 1 heterocycles. The van der Waals surface area contributed by atoms with E-state index in [9.17, 15) is 0 Å². The molecule has 0 amide bonds. The Labute approximate surface area is 118 Å². The fraction of sp³-hybridized carbons (Fsp3) is 0.857. The second kappa shape index (κ2) is 5.17. The summed E-state index contributed by atoms with van der Waals surface area (Å²) in [6.07, 6.45) is 7.09. The zero-order valence-corrected chi connectivity index (χ0v) is 13.2. The summed E-state index contributed by atoms with van der Waals surface area (Å²) in [6, 6.07) is 0. The number of allylic oxidation sites excluding steroid dienone is 2. The summed E-state index contributed by atoms with van der Waals surface area (Å²) in [5, 5.41) is 0. The average molecular weight is 350 g/mol. The lowest BCUT2D eigenvalue weighted by atomic mass is 9.70. The first-order chi connectivity index (χ1) is 7.93. The SMILES string of the molecule is CC1(CC[C@H]2C(I)=CCCC2(C)C)OCCO1. The molecule has 3 heteroatoms. The average Bonchev–Trinajstić information content (AvgIpc) is 2.64. The van der Waals surface area contributed by atoms with Crippen LogP contribution in [-0.4, -0.2) is 19.0 Å². The molecule has 0 radical (unpaired) electrons. The van der Waals surface area contributed by atoms with E-state index in [4.69, 9.17) is 9.47 Å². The van der Waals surface area contributed by atoms with Gasteiger partial charge in [0, 0.05) is 6.42 Å². The molecule has 2 nitrogen and oxygen atoms in total. The number of rotatable bonds is 3. The smallest absolute Gasteiger partial charge is 0.165 e. The maximum atomic E-state index is 5.69. The van der Waals surface area contributed by atoms with Crippen molar-refractivity contribution < 1.29 is 9.47 Å². The van der Waals surface area contributed by atoms with Gasteiger partial charge in [-0.25, -0.2) is 0 Å². The van der Waals surface area contributed by atoms with Crippen LogP contribution in [0.15, 0.2) is 9.66 Å². The van der Waals surface area contributed by atoms with Gasteiger partial charge in [-0.05, 0) is 63.7 Å². The van der Waals surface area contributed by atoms with Crippen LogP contribution in [0.5, 0.6) is 0 Å². The molecule has 1 saturated heterocycles. The molecule has 0 aromatic carbocycles. The molecule has 0 saturated carbocycles. The first kappa shape index (κ1) is 13.8. The van der Waals surface area contributed by atoms with Crippen molar-refractivity contribution >= 4 is 22.6 Å². The predicted molar refractivity (Wildman–Crippen MR) is 78.2 cm³/mol. The number of ether oxygens (including phenoxy) is 2. The number of halogens is 1. The Hall–Kier alpha value is 0.390. The highest BCUT2D eigenvalue weighted by Gasteiger charge is 2.37. The lowest BCUT2D eigenvalue weighted by molar-refractivity contribution is -0.150. The van der Waals surface area contributed by atoms with E-state index in [0.29, 0.717) is 11.3 Å². The van der Waals surface area contributed by atoms with Gasteiger partial charge in [-0.15, -0.1) is 0 Å². The van der Waals surface area contributed by atoms with Gasteiger partial charge in [0.05, 0.1) is 13.2 Å². The number of hydrogen-bond acceptors (Lipinski definition) is 2. The Balaban J connectivity index is 1.97. The van der Waals surface area contributed by atoms with E-state index in [2.05, 4.69) is 49.4 Å². The van der Waals surface area contributed by atoms with Crippen LogP contribution in [0.2, 0.25) is 0 Å². The molecule has 0 N–H and O–H groups in total. The van der Waals surface area contributed by atoms with E-state index in [0.717, 1.165) is 26.1 Å². The Bertz CT molecular complexity index is 303. The molecule has 0 unspecified atom stereocenters. The highest BCUT2D eigenvalue weighted by molar-refractivity contribution is 14.1. The van der Waals surface area contributed by atoms with Crippen molar-refractivity contribution in [3.63, 3.8) is 0 Å². The Morgan fingerprint density at radius 1 is 1.29 bits per heavy atom. The molecule has 1 atom stereocenters. The third-order valence-corrected chi connectivity index (χ3v) is 5.38. The molecule has 98 valence electrons. The standard InChI is InChI=1S/C14H23IO2/c1-13(2)7-4-5-12(15)11(13)6-8-14(3)16-9-10-17-14/h5,11H,4,6-10H2,1-3H3/t11-/m0/s1. The van der Waals surface area contributed by atoms with Crippen molar-refractivity contribution in [2.24, 2.45) is 11.3 Å². The third kappa shape index (κ3) is 3.24. The normalized spacial score (nSPS) is 31.3. The van der Waals surface area contributed by atoms with Crippen LogP contribution in [0.25, 0.3) is 0 Å². The van der Waals surface area contributed by atoms with Crippen LogP contribution in [-0.2, 0) is 9.47 Å². The summed E-state index contributed by atoms with van der Waals surface area (Å²) in [7, 11) is 0. The highest BCUT2D eigenvalue weighted by atomic mass is 127. The minimum atomic E-state index is -0.329. The van der Waals surface area contributed by atoms with Gasteiger partial charge in [0.2, 0.25) is 0 Å². The van der Waals surface area contributed by atoms with Crippen molar-refractivity contribution in [3.05, 3.63) is 9.66 Å². The summed E-state index contributed by atoms with van der Waals surface area (Å²) < 4.78 is 12.9. The van der Waals surface area contributed by atoms with Crippen LogP contribution >= 0.6 is 22.6 Å². The predicted octanol–water partition coefficient (Wildman–Crippen LogP) is 4.28. The van der Waals surface area contributed by atoms with Crippen LogP contribution < -0.4 is 0 Å². The largest absolute Gasteiger partial charge is 0.348 e. The number of hydrogen-bond donors (Lipinski definition) is 0. The van der Waals surface area contributed by atoms with E-state index in [-0.39, 0.29) is 5.79 Å². The highest BCUT2D eigenvalue weighted by Crippen LogP contribution is 2.46. The maximum absolute atomic E-state index is 5.69. The van der Waals surface area contributed by atoms with E-state index in [1.807, 2.05) is 0 Å². The van der Waals surface area contributed by atoms with Gasteiger partial charge >= 0.3 is 0 Å². The summed E-state index contributed by atoms with van der Waals surface area (Å²) in [5.74, 6) is 0.339. The monoisotopic (exact) mass is 350 g/mol. The minimum Gasteiger partial charge on any atom is -0.348 e. The Morgan fingerprint density at radius 2 is 1.94 bits per heavy atom. The van der Waals surface area contributed by atoms with Crippen LogP contribution in [0.1, 0.15) is 46.5 Å². The van der Waals surface area contributed by atoms with E-state index < -0.39 is 0 Å². The molecular formula is C14H23IO2. The minimum absolute atomic E-state index is 0.329. The molecule has 2 rings (SSSR count). The zero-order valence-electron chi connectivity index (χ0n) is 11.1. The van der Waals surface area contributed by atoms with Crippen molar-refractivity contribution in [1.82, 2.24) is 0 Å². The fourth-order valence-electron chi connectivity index (χ4n) is 2.91. The second-order valence-corrected chi connectivity index (χ2v) is 7.28. The van der Waals surface area contributed by atoms with E-state index in [1.165, 1.54) is 16.4 Å². The van der Waals surface area contributed by atoms with Gasteiger partial charge in [0.15, 0.2) is 5.79 Å². The Kier molecular flexibility index (Phi) is 4.20. The van der Waals surface area contributed by atoms with Gasteiger partial charge in [-0.3, -0.25) is 0 Å². The molecule has 1 aliphatic carbocycles. The van der Waals surface area contributed by atoms with Gasteiger partial charge in [-0.1, -0.05) is 19.9 Å². The maximum Gasteiger partial charge on any atom is 0.165 e. The van der Waals surface area contributed by atoms with Gasteiger partial charge in [-0.2, -0.15) is 0 Å². The summed E-state index contributed by atoms with van der Waals surface area (Å²) in [4.78, 5) is 0. The van der Waals surface area contributed by atoms with Crippen LogP contribution in [0.3, 0.4) is 0 Å². The van der Waals surface area contributed by atoms with Crippen molar-refractivity contribution in [2.75, 3.05) is 13.2 Å². The van der Waals surface area contributed by atoms with Crippen LogP contribution in [0, 0.1) is 11.3 Å². The van der Waals surface area contributed by atoms with Gasteiger partial charge in [0.25, 0.3) is 0 Å². The third-order valence-electron chi connectivity index (χ3n) is 4.19. The first-order valence-electron chi connectivity index (χ1n) is 6.56. The van der Waals surface area contributed by atoms with Crippen LogP contribution in [0.4, 0.5) is 0 Å². The first-order valence-corrected chi connectivity index (χ1v) is 7.64. The molecule has 0 spiro atoms. The van der Waals surface area contributed by atoms with Crippen molar-refractivity contribution in [1.29, 1.82) is 0 Å². The van der Waals surface area contributed by atoms with Gasteiger partial charge < -0.3 is 9.47 Å². The molecule has 1 aliphatic heterocycles. The summed E-state index contributed by atoms with van der Waals surface area (Å²) in [6.45, 7) is 8.35. The molecule has 17 heavy (non-hydrogen) atoms. The van der Waals surface area contributed by atoms with Gasteiger partial charge in [0.1, 0.15) is 0 Å². The molecule has 0 bridgehead atoms. The lowest BCUT2D eigenvalue weighted by Crippen LogP contribution is -2.31. The molecule has 1 fully saturated rings. The van der Waals surface area contributed by atoms with Crippen molar-refractivity contribution in [3.8, 4) is 0 Å².